The van der Waals surface area contributed by atoms with E-state index < -0.39 is 5.60 Å². The quantitative estimate of drug-likeness (QED) is 0.815. The van der Waals surface area contributed by atoms with Crippen LogP contribution in [-0.2, 0) is 0 Å². The maximum atomic E-state index is 9.62. The van der Waals surface area contributed by atoms with Crippen LogP contribution >= 0.6 is 0 Å². The van der Waals surface area contributed by atoms with E-state index in [0.717, 1.165) is 18.7 Å². The van der Waals surface area contributed by atoms with Crippen LogP contribution in [0.1, 0.15) is 31.9 Å². The van der Waals surface area contributed by atoms with Crippen LogP contribution in [0.4, 0.5) is 0 Å². The Hall–Kier alpha value is -1.06. The lowest BCUT2D eigenvalue weighted by atomic mass is 10.0. The monoisotopic (exact) mass is 221 g/mol. The van der Waals surface area contributed by atoms with Gasteiger partial charge in [-0.05, 0) is 32.9 Å². The number of nitrogens with one attached hydrogen (secondary N) is 1. The number of benzene rings is 1. The molecule has 1 aliphatic rings. The Kier molecular flexibility index (Phi) is 3.17. The van der Waals surface area contributed by atoms with Gasteiger partial charge in [-0.1, -0.05) is 18.2 Å². The molecule has 3 heteroatoms. The van der Waals surface area contributed by atoms with Gasteiger partial charge in [-0.15, -0.1) is 0 Å². The van der Waals surface area contributed by atoms with E-state index in [-0.39, 0.29) is 6.04 Å². The second-order valence-corrected chi connectivity index (χ2v) is 4.92. The summed E-state index contributed by atoms with van der Waals surface area (Å²) in [4.78, 5) is 0. The zero-order valence-corrected chi connectivity index (χ0v) is 9.86. The summed E-state index contributed by atoms with van der Waals surface area (Å²) in [6.45, 7) is 5.14. The molecule has 2 N–H and O–H groups in total. The molecule has 1 aliphatic heterocycles. The normalized spacial score (nSPS) is 19.3. The third kappa shape index (κ3) is 2.74. The molecule has 0 radical (unpaired) electrons. The Balaban J connectivity index is 1.89. The molecule has 0 saturated heterocycles. The van der Waals surface area contributed by atoms with E-state index in [0.29, 0.717) is 6.61 Å². The molecule has 0 aromatic heterocycles. The molecule has 0 spiro atoms. The minimum absolute atomic E-state index is 0.263. The van der Waals surface area contributed by atoms with Crippen LogP contribution in [0.15, 0.2) is 24.3 Å². The first-order valence-electron chi connectivity index (χ1n) is 5.74. The molecule has 2 rings (SSSR count). The molecule has 1 heterocycles. The number of aliphatic hydroxyl groups is 1. The molecule has 16 heavy (non-hydrogen) atoms. The first kappa shape index (κ1) is 11.4. The van der Waals surface area contributed by atoms with Crippen LogP contribution in [-0.4, -0.2) is 23.9 Å². The molecule has 0 amide bonds. The fourth-order valence-corrected chi connectivity index (χ4v) is 1.88. The molecule has 0 fully saturated rings. The topological polar surface area (TPSA) is 41.5 Å². The van der Waals surface area contributed by atoms with Crippen molar-refractivity contribution in [3.05, 3.63) is 29.8 Å². The number of fused-ring (bicyclic) bond motifs is 1. The number of hydrogen-bond acceptors (Lipinski definition) is 3. The lowest BCUT2D eigenvalue weighted by molar-refractivity contribution is 0.0700. The molecule has 0 aliphatic carbocycles. The van der Waals surface area contributed by atoms with Crippen LogP contribution < -0.4 is 10.1 Å². The molecule has 88 valence electrons. The van der Waals surface area contributed by atoms with Gasteiger partial charge in [-0.2, -0.15) is 0 Å². The molecule has 1 atom stereocenters. The van der Waals surface area contributed by atoms with Gasteiger partial charge in [-0.3, -0.25) is 0 Å². The minimum Gasteiger partial charge on any atom is -0.491 e. The van der Waals surface area contributed by atoms with Crippen LogP contribution in [0.25, 0.3) is 0 Å². The fraction of sp³-hybridized carbons (Fsp3) is 0.538. The van der Waals surface area contributed by atoms with Crippen molar-refractivity contribution in [2.45, 2.75) is 31.9 Å². The first-order chi connectivity index (χ1) is 7.56. The van der Waals surface area contributed by atoms with E-state index in [1.807, 2.05) is 32.0 Å². The van der Waals surface area contributed by atoms with Gasteiger partial charge < -0.3 is 15.2 Å². The van der Waals surface area contributed by atoms with Gasteiger partial charge in [-0.25, -0.2) is 0 Å². The second-order valence-electron chi connectivity index (χ2n) is 4.92. The zero-order valence-electron chi connectivity index (χ0n) is 9.86. The lowest BCUT2D eigenvalue weighted by Crippen LogP contribution is -2.30. The Morgan fingerprint density at radius 1 is 1.44 bits per heavy atom. The first-order valence-corrected chi connectivity index (χ1v) is 5.74. The summed E-state index contributed by atoms with van der Waals surface area (Å²) in [6, 6.07) is 8.35. The van der Waals surface area contributed by atoms with E-state index in [2.05, 4.69) is 11.4 Å². The van der Waals surface area contributed by atoms with Gasteiger partial charge in [0.1, 0.15) is 12.4 Å². The van der Waals surface area contributed by atoms with Gasteiger partial charge in [0.05, 0.1) is 11.6 Å². The molecule has 0 saturated carbocycles. The molecule has 0 bridgehead atoms. The molecular weight excluding hydrogens is 202 g/mol. The highest BCUT2D eigenvalue weighted by atomic mass is 16.5. The third-order valence-corrected chi connectivity index (χ3v) is 2.83. The summed E-state index contributed by atoms with van der Waals surface area (Å²) >= 11 is 0. The molecule has 1 unspecified atom stereocenters. The predicted molar refractivity (Wildman–Crippen MR) is 63.6 cm³/mol. The van der Waals surface area contributed by atoms with Crippen LogP contribution in [0.2, 0.25) is 0 Å². The SMILES string of the molecule is CC(C)(O)CCNC1COc2ccccc21. The van der Waals surface area contributed by atoms with Crippen molar-refractivity contribution in [2.75, 3.05) is 13.2 Å². The average Bonchev–Trinajstić information content (AvgIpc) is 2.60. The van der Waals surface area contributed by atoms with E-state index in [9.17, 15) is 5.11 Å². The van der Waals surface area contributed by atoms with Crippen LogP contribution in [0, 0.1) is 0 Å². The number of ether oxygens (including phenoxy) is 1. The summed E-state index contributed by atoms with van der Waals surface area (Å²) in [5.74, 6) is 0.975. The maximum Gasteiger partial charge on any atom is 0.124 e. The second kappa shape index (κ2) is 4.44. The van der Waals surface area contributed by atoms with Crippen molar-refractivity contribution in [1.29, 1.82) is 0 Å². The average molecular weight is 221 g/mol. The van der Waals surface area contributed by atoms with Crippen molar-refractivity contribution >= 4 is 0 Å². The van der Waals surface area contributed by atoms with Gasteiger partial charge in [0, 0.05) is 5.56 Å². The van der Waals surface area contributed by atoms with Crippen LogP contribution in [0.5, 0.6) is 5.75 Å². The van der Waals surface area contributed by atoms with Crippen molar-refractivity contribution in [3.63, 3.8) is 0 Å². The molecule has 1 aromatic carbocycles. The minimum atomic E-state index is -0.605. The Morgan fingerprint density at radius 2 is 2.19 bits per heavy atom. The van der Waals surface area contributed by atoms with E-state index in [1.165, 1.54) is 5.56 Å². The van der Waals surface area contributed by atoms with Gasteiger partial charge >= 0.3 is 0 Å². The Labute approximate surface area is 96.4 Å². The summed E-state index contributed by atoms with van der Waals surface area (Å²) in [6.07, 6.45) is 0.742. The Morgan fingerprint density at radius 3 is 2.94 bits per heavy atom. The Bertz CT molecular complexity index is 357. The van der Waals surface area contributed by atoms with Crippen molar-refractivity contribution in [1.82, 2.24) is 5.32 Å². The standard InChI is InChI=1S/C13H19NO2/c1-13(2,15)7-8-14-11-9-16-12-6-4-3-5-10(11)12/h3-6,11,14-15H,7-9H2,1-2H3. The smallest absolute Gasteiger partial charge is 0.124 e. The maximum absolute atomic E-state index is 9.62. The number of rotatable bonds is 4. The van der Waals surface area contributed by atoms with Gasteiger partial charge in [0.15, 0.2) is 0 Å². The highest BCUT2D eigenvalue weighted by molar-refractivity contribution is 5.39. The van der Waals surface area contributed by atoms with E-state index in [4.69, 9.17) is 4.74 Å². The molecule has 1 aromatic rings. The van der Waals surface area contributed by atoms with Crippen molar-refractivity contribution in [3.8, 4) is 5.75 Å². The largest absolute Gasteiger partial charge is 0.491 e. The predicted octanol–water partition coefficient (Wildman–Crippen LogP) is 1.87. The third-order valence-electron chi connectivity index (χ3n) is 2.83. The lowest BCUT2D eigenvalue weighted by Gasteiger charge is -2.19. The van der Waals surface area contributed by atoms with Gasteiger partial charge in [0.2, 0.25) is 0 Å². The number of hydrogen-bond donors (Lipinski definition) is 2. The molecular formula is C13H19NO2. The summed E-state index contributed by atoms with van der Waals surface area (Å²) < 4.78 is 5.57. The highest BCUT2D eigenvalue weighted by Gasteiger charge is 2.23. The summed E-state index contributed by atoms with van der Waals surface area (Å²) in [5.41, 5.74) is 0.615. The summed E-state index contributed by atoms with van der Waals surface area (Å²) in [5, 5.41) is 13.0. The van der Waals surface area contributed by atoms with Crippen molar-refractivity contribution < 1.29 is 9.84 Å². The highest BCUT2D eigenvalue weighted by Crippen LogP contribution is 2.31. The van der Waals surface area contributed by atoms with Crippen molar-refractivity contribution in [2.24, 2.45) is 0 Å². The van der Waals surface area contributed by atoms with E-state index in [1.54, 1.807) is 0 Å². The zero-order chi connectivity index (χ0) is 11.6. The number of para-hydroxylation sites is 1. The fourth-order valence-electron chi connectivity index (χ4n) is 1.88. The van der Waals surface area contributed by atoms with E-state index >= 15 is 0 Å². The molecule has 3 nitrogen and oxygen atoms in total. The van der Waals surface area contributed by atoms with Crippen LogP contribution in [0.3, 0.4) is 0 Å². The van der Waals surface area contributed by atoms with Gasteiger partial charge in [0.25, 0.3) is 0 Å². The summed E-state index contributed by atoms with van der Waals surface area (Å²) in [7, 11) is 0.